The molecule has 2 N–H and O–H groups in total. The zero-order valence-electron chi connectivity index (χ0n) is 11.1. The molecule has 0 aliphatic carbocycles. The van der Waals surface area contributed by atoms with Crippen LogP contribution in [-0.4, -0.2) is 30.3 Å². The van der Waals surface area contributed by atoms with Crippen molar-refractivity contribution in [3.8, 4) is 5.75 Å². The lowest BCUT2D eigenvalue weighted by atomic mass is 10.0. The highest BCUT2D eigenvalue weighted by molar-refractivity contribution is 5.94. The molecule has 0 saturated heterocycles. The fraction of sp³-hybridized carbons (Fsp3) is 0.500. The van der Waals surface area contributed by atoms with E-state index in [0.717, 1.165) is 5.75 Å². The number of ether oxygens (including phenoxy) is 1. The standard InChI is InChI=1S/C14H21NO3/c1-4-18-12-7-5-11(6-8-12)14(17)15-13(9-16)10(2)3/h5-8,10,13,16H,4,9H2,1-3H3,(H,15,17). The molecule has 18 heavy (non-hydrogen) atoms. The van der Waals surface area contributed by atoms with Crippen molar-refractivity contribution in [1.29, 1.82) is 0 Å². The lowest BCUT2D eigenvalue weighted by molar-refractivity contribution is 0.0897. The van der Waals surface area contributed by atoms with Crippen molar-refractivity contribution in [3.05, 3.63) is 29.8 Å². The molecule has 1 amide bonds. The largest absolute Gasteiger partial charge is 0.494 e. The maximum atomic E-state index is 11.9. The van der Waals surface area contributed by atoms with Crippen LogP contribution in [0.4, 0.5) is 0 Å². The molecule has 1 aromatic carbocycles. The minimum absolute atomic E-state index is 0.0551. The normalized spacial score (nSPS) is 12.3. The molecule has 0 spiro atoms. The van der Waals surface area contributed by atoms with Crippen molar-refractivity contribution in [2.45, 2.75) is 26.8 Å². The summed E-state index contributed by atoms with van der Waals surface area (Å²) in [6.45, 7) is 6.37. The van der Waals surface area contributed by atoms with Crippen LogP contribution in [0.5, 0.6) is 5.75 Å². The van der Waals surface area contributed by atoms with E-state index in [1.54, 1.807) is 24.3 Å². The van der Waals surface area contributed by atoms with Gasteiger partial charge in [0, 0.05) is 5.56 Å². The van der Waals surface area contributed by atoms with Gasteiger partial charge in [-0.2, -0.15) is 0 Å². The minimum atomic E-state index is -0.218. The Morgan fingerprint density at radius 1 is 1.33 bits per heavy atom. The molecule has 1 atom stereocenters. The Morgan fingerprint density at radius 3 is 2.39 bits per heavy atom. The van der Waals surface area contributed by atoms with Gasteiger partial charge in [0.2, 0.25) is 0 Å². The van der Waals surface area contributed by atoms with E-state index in [2.05, 4.69) is 5.32 Å². The van der Waals surface area contributed by atoms with Gasteiger partial charge < -0.3 is 15.2 Å². The molecule has 4 heteroatoms. The Kier molecular flexibility index (Phi) is 5.65. The van der Waals surface area contributed by atoms with E-state index in [4.69, 9.17) is 4.74 Å². The summed E-state index contributed by atoms with van der Waals surface area (Å²) in [5, 5.41) is 12.0. The van der Waals surface area contributed by atoms with E-state index in [1.165, 1.54) is 0 Å². The zero-order valence-corrected chi connectivity index (χ0v) is 11.1. The third-order valence-electron chi connectivity index (χ3n) is 2.75. The third-order valence-corrected chi connectivity index (χ3v) is 2.75. The monoisotopic (exact) mass is 251 g/mol. The average Bonchev–Trinajstić information content (AvgIpc) is 2.36. The molecule has 0 fully saturated rings. The SMILES string of the molecule is CCOc1ccc(C(=O)NC(CO)C(C)C)cc1. The van der Waals surface area contributed by atoms with Crippen LogP contribution >= 0.6 is 0 Å². The van der Waals surface area contributed by atoms with E-state index >= 15 is 0 Å². The van der Waals surface area contributed by atoms with Gasteiger partial charge in [0.15, 0.2) is 0 Å². The maximum Gasteiger partial charge on any atom is 0.251 e. The summed E-state index contributed by atoms with van der Waals surface area (Å²) in [6.07, 6.45) is 0. The molecule has 100 valence electrons. The first-order chi connectivity index (χ1) is 8.58. The predicted octanol–water partition coefficient (Wildman–Crippen LogP) is 1.83. The second-order valence-electron chi connectivity index (χ2n) is 4.46. The molecule has 4 nitrogen and oxygen atoms in total. The summed E-state index contributed by atoms with van der Waals surface area (Å²) >= 11 is 0. The number of rotatable bonds is 6. The number of carbonyl (C=O) groups is 1. The van der Waals surface area contributed by atoms with Crippen molar-refractivity contribution in [2.24, 2.45) is 5.92 Å². The van der Waals surface area contributed by atoms with Gasteiger partial charge >= 0.3 is 0 Å². The van der Waals surface area contributed by atoms with Gasteiger partial charge in [0.25, 0.3) is 5.91 Å². The lowest BCUT2D eigenvalue weighted by Gasteiger charge is -2.19. The number of benzene rings is 1. The second kappa shape index (κ2) is 7.01. The smallest absolute Gasteiger partial charge is 0.251 e. The summed E-state index contributed by atoms with van der Waals surface area (Å²) in [5.74, 6) is 0.768. The van der Waals surface area contributed by atoms with Crippen molar-refractivity contribution in [3.63, 3.8) is 0 Å². The van der Waals surface area contributed by atoms with Crippen LogP contribution < -0.4 is 10.1 Å². The summed E-state index contributed by atoms with van der Waals surface area (Å²) in [5.41, 5.74) is 0.567. The molecule has 1 aromatic rings. The number of amides is 1. The van der Waals surface area contributed by atoms with E-state index in [1.807, 2.05) is 20.8 Å². The van der Waals surface area contributed by atoms with Gasteiger partial charge in [0.1, 0.15) is 5.75 Å². The highest BCUT2D eigenvalue weighted by Crippen LogP contribution is 2.12. The van der Waals surface area contributed by atoms with Crippen molar-refractivity contribution < 1.29 is 14.6 Å². The topological polar surface area (TPSA) is 58.6 Å². The molecular formula is C14H21NO3. The van der Waals surface area contributed by atoms with Gasteiger partial charge in [-0.3, -0.25) is 4.79 Å². The van der Waals surface area contributed by atoms with Gasteiger partial charge in [-0.15, -0.1) is 0 Å². The van der Waals surface area contributed by atoms with Crippen LogP contribution in [0.3, 0.4) is 0 Å². The van der Waals surface area contributed by atoms with Crippen LogP contribution in [-0.2, 0) is 0 Å². The number of hydrogen-bond donors (Lipinski definition) is 2. The molecule has 1 rings (SSSR count). The number of carbonyl (C=O) groups excluding carboxylic acids is 1. The molecule has 0 bridgehead atoms. The Balaban J connectivity index is 2.66. The zero-order chi connectivity index (χ0) is 13.5. The quantitative estimate of drug-likeness (QED) is 0.811. The van der Waals surface area contributed by atoms with E-state index in [0.29, 0.717) is 12.2 Å². The molecule has 1 unspecified atom stereocenters. The van der Waals surface area contributed by atoms with Crippen LogP contribution in [0.25, 0.3) is 0 Å². The summed E-state index contributed by atoms with van der Waals surface area (Å²) in [7, 11) is 0. The van der Waals surface area contributed by atoms with E-state index in [9.17, 15) is 9.90 Å². The molecule has 0 aromatic heterocycles. The lowest BCUT2D eigenvalue weighted by Crippen LogP contribution is -2.41. The summed E-state index contributed by atoms with van der Waals surface area (Å²) in [6, 6.07) is 6.75. The first-order valence-electron chi connectivity index (χ1n) is 6.23. The van der Waals surface area contributed by atoms with Crippen LogP contribution in [0.15, 0.2) is 24.3 Å². The molecule has 0 aliphatic rings. The number of aliphatic hydroxyl groups is 1. The van der Waals surface area contributed by atoms with Crippen molar-refractivity contribution in [1.82, 2.24) is 5.32 Å². The van der Waals surface area contributed by atoms with Crippen LogP contribution in [0.2, 0.25) is 0 Å². The van der Waals surface area contributed by atoms with Crippen LogP contribution in [0.1, 0.15) is 31.1 Å². The Morgan fingerprint density at radius 2 is 1.94 bits per heavy atom. The van der Waals surface area contributed by atoms with Crippen LogP contribution in [0, 0.1) is 5.92 Å². The molecule has 0 radical (unpaired) electrons. The van der Waals surface area contributed by atoms with Gasteiger partial charge in [0.05, 0.1) is 19.3 Å². The van der Waals surface area contributed by atoms with Gasteiger partial charge in [-0.05, 0) is 37.1 Å². The fourth-order valence-electron chi connectivity index (χ4n) is 1.54. The average molecular weight is 251 g/mol. The summed E-state index contributed by atoms with van der Waals surface area (Å²) < 4.78 is 5.31. The third kappa shape index (κ3) is 4.04. The first kappa shape index (κ1) is 14.5. The molecule has 0 aliphatic heterocycles. The summed E-state index contributed by atoms with van der Waals surface area (Å²) in [4.78, 5) is 11.9. The fourth-order valence-corrected chi connectivity index (χ4v) is 1.54. The molecule has 0 heterocycles. The van der Waals surface area contributed by atoms with Gasteiger partial charge in [-0.1, -0.05) is 13.8 Å². The number of nitrogens with one attached hydrogen (secondary N) is 1. The molecular weight excluding hydrogens is 230 g/mol. The Bertz CT molecular complexity index is 373. The second-order valence-corrected chi connectivity index (χ2v) is 4.46. The van der Waals surface area contributed by atoms with E-state index in [-0.39, 0.29) is 24.5 Å². The Labute approximate surface area is 108 Å². The highest BCUT2D eigenvalue weighted by atomic mass is 16.5. The highest BCUT2D eigenvalue weighted by Gasteiger charge is 2.15. The number of hydrogen-bond acceptors (Lipinski definition) is 3. The van der Waals surface area contributed by atoms with Crippen molar-refractivity contribution >= 4 is 5.91 Å². The first-order valence-corrected chi connectivity index (χ1v) is 6.23. The number of aliphatic hydroxyl groups excluding tert-OH is 1. The van der Waals surface area contributed by atoms with Crippen molar-refractivity contribution in [2.75, 3.05) is 13.2 Å². The maximum absolute atomic E-state index is 11.9. The minimum Gasteiger partial charge on any atom is -0.494 e. The predicted molar refractivity (Wildman–Crippen MR) is 70.8 cm³/mol. The van der Waals surface area contributed by atoms with E-state index < -0.39 is 0 Å². The molecule has 0 saturated carbocycles. The Hall–Kier alpha value is -1.55. The van der Waals surface area contributed by atoms with Gasteiger partial charge in [-0.25, -0.2) is 0 Å².